The molecule has 1 rings (SSSR count). The quantitative estimate of drug-likeness (QED) is 0.556. The van der Waals surface area contributed by atoms with Crippen LogP contribution in [0.4, 0.5) is 0 Å². The molecule has 0 radical (unpaired) electrons. The van der Waals surface area contributed by atoms with E-state index in [0.29, 0.717) is 0 Å². The van der Waals surface area contributed by atoms with Crippen LogP contribution >= 0.6 is 22.6 Å². The average molecular weight is 282 g/mol. The van der Waals surface area contributed by atoms with E-state index in [1.54, 1.807) is 0 Å². The molecule has 12 heavy (non-hydrogen) atoms. The number of hydrogen-bond acceptors (Lipinski definition) is 2. The Bertz CT molecular complexity index is 124. The Kier molecular flexibility index (Phi) is 4.82. The van der Waals surface area contributed by atoms with Gasteiger partial charge in [0.05, 0.1) is 0 Å². The molecule has 1 unspecified atom stereocenters. The van der Waals surface area contributed by atoms with Gasteiger partial charge in [-0.15, -0.1) is 0 Å². The number of likely N-dealkylation sites (tertiary alicyclic amines) is 1. The molecule has 1 atom stereocenters. The van der Waals surface area contributed by atoms with Crippen LogP contribution in [-0.2, 0) is 0 Å². The molecule has 72 valence electrons. The maximum absolute atomic E-state index is 2.61. The van der Waals surface area contributed by atoms with Gasteiger partial charge >= 0.3 is 0 Å². The van der Waals surface area contributed by atoms with Gasteiger partial charge in [0, 0.05) is 10.5 Å². The molecule has 0 aromatic rings. The zero-order valence-electron chi connectivity index (χ0n) is 8.09. The first-order chi connectivity index (χ1) is 5.74. The Morgan fingerprint density at radius 3 is 2.42 bits per heavy atom. The van der Waals surface area contributed by atoms with Gasteiger partial charge in [-0.05, 0) is 46.6 Å². The van der Waals surface area contributed by atoms with Gasteiger partial charge < -0.3 is 4.90 Å². The van der Waals surface area contributed by atoms with Crippen molar-refractivity contribution in [1.29, 1.82) is 0 Å². The lowest BCUT2D eigenvalue weighted by Gasteiger charge is -2.38. The molecule has 1 heterocycles. The number of rotatable bonds is 5. The summed E-state index contributed by atoms with van der Waals surface area (Å²) in [5.41, 5.74) is 0. The summed E-state index contributed by atoms with van der Waals surface area (Å²) < 4.78 is 1.28. The van der Waals surface area contributed by atoms with Crippen molar-refractivity contribution in [3.05, 3.63) is 0 Å². The summed E-state index contributed by atoms with van der Waals surface area (Å²) in [5, 5.41) is 0. The molecular formula is C9H19IN2. The maximum atomic E-state index is 2.61. The molecule has 3 heteroatoms. The van der Waals surface area contributed by atoms with Gasteiger partial charge in [0.25, 0.3) is 0 Å². The summed E-state index contributed by atoms with van der Waals surface area (Å²) in [5.74, 6) is 0. The van der Waals surface area contributed by atoms with Gasteiger partial charge in [0.1, 0.15) is 0 Å². The van der Waals surface area contributed by atoms with Crippen LogP contribution in [0.5, 0.6) is 0 Å². The van der Waals surface area contributed by atoms with E-state index < -0.39 is 0 Å². The Morgan fingerprint density at radius 2 is 2.08 bits per heavy atom. The molecule has 0 amide bonds. The van der Waals surface area contributed by atoms with E-state index >= 15 is 0 Å². The van der Waals surface area contributed by atoms with Crippen molar-refractivity contribution in [2.75, 3.05) is 38.2 Å². The summed E-state index contributed by atoms with van der Waals surface area (Å²) in [4.78, 5) is 4.88. The second kappa shape index (κ2) is 5.40. The first-order valence-electron chi connectivity index (χ1n) is 4.69. The number of alkyl halides is 1. The topological polar surface area (TPSA) is 6.48 Å². The molecule has 0 N–H and O–H groups in total. The largest absolute Gasteiger partial charge is 0.309 e. The summed E-state index contributed by atoms with van der Waals surface area (Å²) in [6, 6.07) is 0.835. The summed E-state index contributed by atoms with van der Waals surface area (Å²) in [6.07, 6.45) is 2.74. The lowest BCUT2D eigenvalue weighted by Crippen LogP contribution is -2.46. The summed E-state index contributed by atoms with van der Waals surface area (Å²) >= 11 is 2.51. The standard InChI is InChI=1S/C9H19IN2/c1-11(2)7-4-9(8-10)12-5-3-6-12/h9H,3-8H2,1-2H3. The van der Waals surface area contributed by atoms with E-state index in [9.17, 15) is 0 Å². The fourth-order valence-electron chi connectivity index (χ4n) is 1.47. The third kappa shape index (κ3) is 3.18. The molecule has 0 bridgehead atoms. The van der Waals surface area contributed by atoms with Gasteiger partial charge in [-0.1, -0.05) is 22.6 Å². The van der Waals surface area contributed by atoms with Gasteiger partial charge in [-0.2, -0.15) is 0 Å². The monoisotopic (exact) mass is 282 g/mol. The average Bonchev–Trinajstić information content (AvgIpc) is 1.93. The number of halogens is 1. The lowest BCUT2D eigenvalue weighted by atomic mass is 10.1. The zero-order valence-corrected chi connectivity index (χ0v) is 10.2. The van der Waals surface area contributed by atoms with Crippen LogP contribution in [0.2, 0.25) is 0 Å². The van der Waals surface area contributed by atoms with Crippen molar-refractivity contribution in [3.63, 3.8) is 0 Å². The van der Waals surface area contributed by atoms with E-state index in [1.165, 1.54) is 36.9 Å². The second-order valence-electron chi connectivity index (χ2n) is 3.79. The maximum Gasteiger partial charge on any atom is 0.0197 e. The minimum absolute atomic E-state index is 0.835. The minimum Gasteiger partial charge on any atom is -0.309 e. The van der Waals surface area contributed by atoms with Crippen LogP contribution < -0.4 is 0 Å². The predicted molar refractivity (Wildman–Crippen MR) is 62.0 cm³/mol. The zero-order chi connectivity index (χ0) is 8.97. The van der Waals surface area contributed by atoms with Crippen LogP contribution in [0.1, 0.15) is 12.8 Å². The Morgan fingerprint density at radius 1 is 1.42 bits per heavy atom. The van der Waals surface area contributed by atoms with E-state index in [2.05, 4.69) is 46.5 Å². The second-order valence-corrected chi connectivity index (χ2v) is 4.67. The van der Waals surface area contributed by atoms with Crippen molar-refractivity contribution in [1.82, 2.24) is 9.80 Å². The first kappa shape index (κ1) is 10.7. The molecule has 0 aromatic heterocycles. The van der Waals surface area contributed by atoms with E-state index in [4.69, 9.17) is 0 Å². The minimum atomic E-state index is 0.835. The molecule has 1 aliphatic heterocycles. The smallest absolute Gasteiger partial charge is 0.0197 e. The van der Waals surface area contributed by atoms with Crippen molar-refractivity contribution in [2.45, 2.75) is 18.9 Å². The SMILES string of the molecule is CN(C)CCC(CI)N1CCC1. The van der Waals surface area contributed by atoms with Crippen LogP contribution in [0.15, 0.2) is 0 Å². The molecule has 1 aliphatic rings. The highest BCUT2D eigenvalue weighted by atomic mass is 127. The number of nitrogens with zero attached hydrogens (tertiary/aromatic N) is 2. The number of hydrogen-bond donors (Lipinski definition) is 0. The highest BCUT2D eigenvalue weighted by molar-refractivity contribution is 14.1. The highest BCUT2D eigenvalue weighted by Gasteiger charge is 2.22. The van der Waals surface area contributed by atoms with Gasteiger partial charge in [0.2, 0.25) is 0 Å². The Hall–Kier alpha value is 0.650. The third-order valence-corrected chi connectivity index (χ3v) is 3.51. The molecule has 1 saturated heterocycles. The highest BCUT2D eigenvalue weighted by Crippen LogP contribution is 2.15. The normalized spacial score (nSPS) is 21.0. The van der Waals surface area contributed by atoms with Crippen molar-refractivity contribution >= 4 is 22.6 Å². The van der Waals surface area contributed by atoms with Crippen LogP contribution in [-0.4, -0.2) is 54.0 Å². The summed E-state index contributed by atoms with van der Waals surface area (Å²) in [6.45, 7) is 3.90. The molecule has 0 spiro atoms. The molecular weight excluding hydrogens is 263 g/mol. The van der Waals surface area contributed by atoms with Gasteiger partial charge in [0.15, 0.2) is 0 Å². The van der Waals surface area contributed by atoms with Gasteiger partial charge in [-0.25, -0.2) is 0 Å². The lowest BCUT2D eigenvalue weighted by molar-refractivity contribution is 0.120. The van der Waals surface area contributed by atoms with Crippen LogP contribution in [0, 0.1) is 0 Å². The summed E-state index contributed by atoms with van der Waals surface area (Å²) in [7, 11) is 4.31. The van der Waals surface area contributed by atoms with Crippen molar-refractivity contribution in [2.24, 2.45) is 0 Å². The van der Waals surface area contributed by atoms with Crippen LogP contribution in [0.3, 0.4) is 0 Å². The fourth-order valence-corrected chi connectivity index (χ4v) is 2.47. The third-order valence-electron chi connectivity index (χ3n) is 2.49. The predicted octanol–water partition coefficient (Wildman–Crippen LogP) is 1.45. The molecule has 0 aromatic carbocycles. The molecule has 1 fully saturated rings. The van der Waals surface area contributed by atoms with Gasteiger partial charge in [-0.3, -0.25) is 4.90 Å². The van der Waals surface area contributed by atoms with Crippen molar-refractivity contribution in [3.8, 4) is 0 Å². The van der Waals surface area contributed by atoms with Crippen molar-refractivity contribution < 1.29 is 0 Å². The molecule has 0 saturated carbocycles. The fraction of sp³-hybridized carbons (Fsp3) is 1.00. The van der Waals surface area contributed by atoms with E-state index in [-0.39, 0.29) is 0 Å². The van der Waals surface area contributed by atoms with Crippen LogP contribution in [0.25, 0.3) is 0 Å². The molecule has 0 aliphatic carbocycles. The molecule has 2 nitrogen and oxygen atoms in total. The van der Waals surface area contributed by atoms with E-state index in [1.807, 2.05) is 0 Å². The Labute approximate surface area is 89.4 Å². The first-order valence-corrected chi connectivity index (χ1v) is 6.21. The van der Waals surface area contributed by atoms with E-state index in [0.717, 1.165) is 6.04 Å². The Balaban J connectivity index is 2.15.